The molecule has 1 N–H and O–H groups in total. The van der Waals surface area contributed by atoms with Gasteiger partial charge in [0.1, 0.15) is 6.10 Å². The number of hydrogen-bond acceptors (Lipinski definition) is 6. The summed E-state index contributed by atoms with van der Waals surface area (Å²) in [6.45, 7) is 8.06. The van der Waals surface area contributed by atoms with E-state index in [1.807, 2.05) is 17.1 Å². The van der Waals surface area contributed by atoms with Crippen LogP contribution >= 0.6 is 0 Å². The summed E-state index contributed by atoms with van der Waals surface area (Å²) in [6.07, 6.45) is 17.5. The van der Waals surface area contributed by atoms with Crippen LogP contribution in [-0.2, 0) is 4.74 Å². The van der Waals surface area contributed by atoms with Gasteiger partial charge in [-0.25, -0.2) is 4.98 Å². The Balaban J connectivity index is 1.56. The summed E-state index contributed by atoms with van der Waals surface area (Å²) in [5, 5.41) is 7.92. The van der Waals surface area contributed by atoms with Crippen LogP contribution in [0.25, 0.3) is 6.08 Å². The Kier molecular flexibility index (Phi) is 7.79. The molecule has 7 heteroatoms. The van der Waals surface area contributed by atoms with Crippen molar-refractivity contribution in [2.45, 2.75) is 84.3 Å². The zero-order valence-electron chi connectivity index (χ0n) is 19.7. The molecule has 0 spiro atoms. The number of nitrogens with one attached hydrogen (secondary N) is 1. The van der Waals surface area contributed by atoms with Gasteiger partial charge in [0.25, 0.3) is 0 Å². The van der Waals surface area contributed by atoms with E-state index in [0.717, 1.165) is 62.3 Å². The number of aromatic nitrogens is 4. The lowest BCUT2D eigenvalue weighted by molar-refractivity contribution is 0.0662. The summed E-state index contributed by atoms with van der Waals surface area (Å²) in [6, 6.07) is 0.387. The van der Waals surface area contributed by atoms with Gasteiger partial charge in [-0.1, -0.05) is 32.8 Å². The summed E-state index contributed by atoms with van der Waals surface area (Å²) in [4.78, 5) is 9.56. The molecule has 2 fully saturated rings. The lowest BCUT2D eigenvalue weighted by Crippen LogP contribution is -2.21. The third-order valence-corrected chi connectivity index (χ3v) is 6.62. The molecule has 0 radical (unpaired) electrons. The molecule has 2 aromatic rings. The molecule has 1 atom stereocenters. The van der Waals surface area contributed by atoms with Crippen molar-refractivity contribution < 1.29 is 9.47 Å². The van der Waals surface area contributed by atoms with Crippen LogP contribution in [0.5, 0.6) is 5.88 Å². The first-order valence-corrected chi connectivity index (χ1v) is 12.2. The second-order valence-corrected chi connectivity index (χ2v) is 9.16. The third-order valence-electron chi connectivity index (χ3n) is 6.62. The predicted octanol–water partition coefficient (Wildman–Crippen LogP) is 5.85. The van der Waals surface area contributed by atoms with Crippen molar-refractivity contribution in [2.24, 2.45) is 5.92 Å². The van der Waals surface area contributed by atoms with Gasteiger partial charge >= 0.3 is 0 Å². The number of anilines is 2. The number of ether oxygens (including phenoxy) is 2. The third kappa shape index (κ3) is 5.88. The van der Waals surface area contributed by atoms with Gasteiger partial charge in [0.2, 0.25) is 11.8 Å². The van der Waals surface area contributed by atoms with Gasteiger partial charge in [0, 0.05) is 25.0 Å². The van der Waals surface area contributed by atoms with Gasteiger partial charge in [-0.2, -0.15) is 10.1 Å². The molecule has 1 unspecified atom stereocenters. The molecule has 0 bridgehead atoms. The van der Waals surface area contributed by atoms with E-state index >= 15 is 0 Å². The van der Waals surface area contributed by atoms with E-state index in [1.165, 1.54) is 19.3 Å². The molecule has 7 nitrogen and oxygen atoms in total. The molecular weight excluding hydrogens is 402 g/mol. The van der Waals surface area contributed by atoms with E-state index in [-0.39, 0.29) is 6.10 Å². The van der Waals surface area contributed by atoms with Crippen molar-refractivity contribution >= 4 is 17.7 Å². The second kappa shape index (κ2) is 10.9. The molecule has 174 valence electrons. The lowest BCUT2D eigenvalue weighted by Gasteiger charge is -2.23. The van der Waals surface area contributed by atoms with E-state index in [2.05, 4.69) is 43.3 Å². The van der Waals surface area contributed by atoms with E-state index in [1.54, 1.807) is 0 Å². The van der Waals surface area contributed by atoms with Crippen molar-refractivity contribution in [2.75, 3.05) is 18.5 Å². The highest BCUT2D eigenvalue weighted by molar-refractivity contribution is 5.58. The van der Waals surface area contributed by atoms with Gasteiger partial charge in [0.05, 0.1) is 23.6 Å². The Hall–Kier alpha value is -2.41. The minimum absolute atomic E-state index is 0.243. The summed E-state index contributed by atoms with van der Waals surface area (Å²) < 4.78 is 13.9. The lowest BCUT2D eigenvalue weighted by atomic mass is 9.98. The molecule has 3 heterocycles. The molecule has 2 aromatic heterocycles. The first-order chi connectivity index (χ1) is 15.6. The van der Waals surface area contributed by atoms with Gasteiger partial charge in [-0.05, 0) is 57.4 Å². The SMILES string of the molecule is CCC(C)/C=C\c1nc(Nc2cnn(C3CCOCC3)c2)nc(OC2CCCCC2)c1C. The Labute approximate surface area is 191 Å². The van der Waals surface area contributed by atoms with E-state index in [4.69, 9.17) is 19.4 Å². The van der Waals surface area contributed by atoms with Crippen LogP contribution in [0.15, 0.2) is 18.5 Å². The number of hydrogen-bond donors (Lipinski definition) is 1. The zero-order chi connectivity index (χ0) is 22.3. The van der Waals surface area contributed by atoms with Crippen molar-refractivity contribution in [1.82, 2.24) is 19.7 Å². The fraction of sp³-hybridized carbons (Fsp3) is 0.640. The maximum Gasteiger partial charge on any atom is 0.231 e. The molecule has 0 aromatic carbocycles. The molecule has 2 aliphatic rings. The highest BCUT2D eigenvalue weighted by atomic mass is 16.5. The fourth-order valence-corrected chi connectivity index (χ4v) is 4.26. The highest BCUT2D eigenvalue weighted by Gasteiger charge is 2.20. The van der Waals surface area contributed by atoms with E-state index < -0.39 is 0 Å². The first-order valence-electron chi connectivity index (χ1n) is 12.2. The monoisotopic (exact) mass is 439 g/mol. The molecule has 1 aliphatic carbocycles. The van der Waals surface area contributed by atoms with Crippen LogP contribution < -0.4 is 10.1 Å². The van der Waals surface area contributed by atoms with Crippen LogP contribution in [0.4, 0.5) is 11.6 Å². The van der Waals surface area contributed by atoms with Crippen LogP contribution in [0, 0.1) is 12.8 Å². The van der Waals surface area contributed by atoms with E-state index in [0.29, 0.717) is 23.8 Å². The molecule has 32 heavy (non-hydrogen) atoms. The zero-order valence-corrected chi connectivity index (χ0v) is 19.7. The molecule has 4 rings (SSSR count). The van der Waals surface area contributed by atoms with Crippen LogP contribution in [-0.4, -0.2) is 39.1 Å². The number of rotatable bonds is 8. The average molecular weight is 440 g/mol. The van der Waals surface area contributed by atoms with Gasteiger partial charge in [0.15, 0.2) is 0 Å². The Morgan fingerprint density at radius 1 is 1.19 bits per heavy atom. The summed E-state index contributed by atoms with van der Waals surface area (Å²) >= 11 is 0. The van der Waals surface area contributed by atoms with Crippen LogP contribution in [0.1, 0.15) is 82.5 Å². The van der Waals surface area contributed by atoms with Crippen molar-refractivity contribution in [3.05, 3.63) is 29.7 Å². The molecular formula is C25H37N5O2. The van der Waals surface area contributed by atoms with Crippen LogP contribution in [0.2, 0.25) is 0 Å². The largest absolute Gasteiger partial charge is 0.474 e. The molecule has 1 aliphatic heterocycles. The maximum atomic E-state index is 6.38. The average Bonchev–Trinajstić information content (AvgIpc) is 3.29. The summed E-state index contributed by atoms with van der Waals surface area (Å²) in [7, 11) is 0. The maximum absolute atomic E-state index is 6.38. The van der Waals surface area contributed by atoms with Gasteiger partial charge < -0.3 is 14.8 Å². The highest BCUT2D eigenvalue weighted by Crippen LogP contribution is 2.29. The summed E-state index contributed by atoms with van der Waals surface area (Å²) in [5.74, 6) is 1.74. The molecule has 1 saturated carbocycles. The number of nitrogens with zero attached hydrogens (tertiary/aromatic N) is 4. The summed E-state index contributed by atoms with van der Waals surface area (Å²) in [5.41, 5.74) is 2.80. The topological polar surface area (TPSA) is 74.1 Å². The normalized spacial score (nSPS) is 19.3. The first kappa shape index (κ1) is 22.8. The van der Waals surface area contributed by atoms with Gasteiger partial charge in [-0.3, -0.25) is 4.68 Å². The second-order valence-electron chi connectivity index (χ2n) is 9.16. The predicted molar refractivity (Wildman–Crippen MR) is 127 cm³/mol. The van der Waals surface area contributed by atoms with Crippen molar-refractivity contribution in [1.29, 1.82) is 0 Å². The Bertz CT molecular complexity index is 898. The van der Waals surface area contributed by atoms with E-state index in [9.17, 15) is 0 Å². The van der Waals surface area contributed by atoms with Gasteiger partial charge in [-0.15, -0.1) is 0 Å². The Morgan fingerprint density at radius 2 is 1.97 bits per heavy atom. The van der Waals surface area contributed by atoms with Crippen molar-refractivity contribution in [3.63, 3.8) is 0 Å². The van der Waals surface area contributed by atoms with Crippen molar-refractivity contribution in [3.8, 4) is 5.88 Å². The minimum atomic E-state index is 0.243. The quantitative estimate of drug-likeness (QED) is 0.556. The van der Waals surface area contributed by atoms with Crippen LogP contribution in [0.3, 0.4) is 0 Å². The smallest absolute Gasteiger partial charge is 0.231 e. The number of allylic oxidation sites excluding steroid dienone is 1. The Morgan fingerprint density at radius 3 is 2.72 bits per heavy atom. The fourth-order valence-electron chi connectivity index (χ4n) is 4.26. The molecule has 1 saturated heterocycles. The molecule has 0 amide bonds. The standard InChI is InChI=1S/C25H37N5O2/c1-4-18(2)10-11-23-19(3)24(32-22-8-6-5-7-9-22)29-25(28-23)27-20-16-26-30(17-20)21-12-14-31-15-13-21/h10-11,16-18,21-22H,4-9,12-15H2,1-3H3,(H,27,28,29)/b11-10-. The minimum Gasteiger partial charge on any atom is -0.474 e.